The van der Waals surface area contributed by atoms with Crippen molar-refractivity contribution in [2.45, 2.75) is 0 Å². The molecule has 0 fully saturated rings. The number of carbonyl (C=O) groups is 1. The zero-order valence-electron chi connectivity index (χ0n) is 10.1. The number of carbonyl (C=O) groups excluding carboxylic acids is 1. The van der Waals surface area contributed by atoms with Crippen molar-refractivity contribution in [3.8, 4) is 5.69 Å². The molecule has 0 saturated carbocycles. The summed E-state index contributed by atoms with van der Waals surface area (Å²) in [5.74, 6) is 0.118. The Morgan fingerprint density at radius 2 is 2.16 bits per heavy atom. The van der Waals surface area contributed by atoms with Crippen LogP contribution in [0.5, 0.6) is 0 Å². The Hall–Kier alpha value is -2.34. The van der Waals surface area contributed by atoms with Crippen molar-refractivity contribution in [1.82, 2.24) is 9.78 Å². The predicted octanol–water partition coefficient (Wildman–Crippen LogP) is 2.10. The van der Waals surface area contributed by atoms with E-state index in [1.54, 1.807) is 41.2 Å². The molecule has 1 aromatic heterocycles. The lowest BCUT2D eigenvalue weighted by Crippen LogP contribution is -2.15. The largest absolute Gasteiger partial charge is 0.399 e. The van der Waals surface area contributed by atoms with E-state index >= 15 is 0 Å². The standard InChI is InChI=1S/C12H11ClN4O2/c1-19-15-8-12(18)16-11-6-7-14-17(11)10-4-2-9(13)3-5-10/h2-8H,1H3,(H,16,18). The van der Waals surface area contributed by atoms with Gasteiger partial charge in [0.05, 0.1) is 11.9 Å². The topological polar surface area (TPSA) is 68.5 Å². The van der Waals surface area contributed by atoms with Crippen LogP contribution in [0.1, 0.15) is 0 Å². The van der Waals surface area contributed by atoms with E-state index in [0.717, 1.165) is 11.9 Å². The fourth-order valence-electron chi connectivity index (χ4n) is 1.45. The van der Waals surface area contributed by atoms with E-state index in [1.165, 1.54) is 7.11 Å². The van der Waals surface area contributed by atoms with Crippen LogP contribution in [-0.2, 0) is 9.63 Å². The monoisotopic (exact) mass is 278 g/mol. The highest BCUT2D eigenvalue weighted by atomic mass is 35.5. The Kier molecular flexibility index (Phi) is 4.15. The number of nitrogens with zero attached hydrogens (tertiary/aromatic N) is 3. The molecule has 1 heterocycles. The summed E-state index contributed by atoms with van der Waals surface area (Å²) in [5, 5.41) is 10.8. The van der Waals surface area contributed by atoms with Crippen molar-refractivity contribution in [3.63, 3.8) is 0 Å². The molecule has 6 nitrogen and oxygen atoms in total. The number of hydrogen-bond donors (Lipinski definition) is 1. The molecule has 1 N–H and O–H groups in total. The summed E-state index contributed by atoms with van der Waals surface area (Å²) in [6.45, 7) is 0. The summed E-state index contributed by atoms with van der Waals surface area (Å²) in [7, 11) is 1.36. The van der Waals surface area contributed by atoms with Crippen LogP contribution >= 0.6 is 11.6 Å². The second-order valence-electron chi connectivity index (χ2n) is 3.51. The number of oxime groups is 1. The van der Waals surface area contributed by atoms with Crippen molar-refractivity contribution in [2.75, 3.05) is 12.4 Å². The molecule has 0 aliphatic heterocycles. The molecule has 0 spiro atoms. The van der Waals surface area contributed by atoms with Crippen LogP contribution in [0.25, 0.3) is 5.69 Å². The van der Waals surface area contributed by atoms with E-state index in [-0.39, 0.29) is 0 Å². The van der Waals surface area contributed by atoms with Gasteiger partial charge in [0, 0.05) is 11.1 Å². The number of aromatic nitrogens is 2. The van der Waals surface area contributed by atoms with Gasteiger partial charge < -0.3 is 10.2 Å². The molecule has 0 saturated heterocycles. The third kappa shape index (κ3) is 3.32. The smallest absolute Gasteiger partial charge is 0.271 e. The van der Waals surface area contributed by atoms with Gasteiger partial charge in [0.1, 0.15) is 19.1 Å². The first-order chi connectivity index (χ1) is 9.20. The Labute approximate surface area is 114 Å². The number of anilines is 1. The van der Waals surface area contributed by atoms with Crippen molar-refractivity contribution < 1.29 is 9.63 Å². The zero-order valence-corrected chi connectivity index (χ0v) is 10.8. The minimum absolute atomic E-state index is 0.405. The number of hydrogen-bond acceptors (Lipinski definition) is 4. The van der Waals surface area contributed by atoms with Crippen molar-refractivity contribution >= 4 is 29.5 Å². The summed E-state index contributed by atoms with van der Waals surface area (Å²) in [4.78, 5) is 15.9. The maximum atomic E-state index is 11.5. The second kappa shape index (κ2) is 6.01. The van der Waals surface area contributed by atoms with Gasteiger partial charge in [-0.3, -0.25) is 4.79 Å². The Morgan fingerprint density at radius 3 is 2.84 bits per heavy atom. The lowest BCUT2D eigenvalue weighted by molar-refractivity contribution is -0.110. The van der Waals surface area contributed by atoms with E-state index < -0.39 is 5.91 Å². The predicted molar refractivity (Wildman–Crippen MR) is 72.7 cm³/mol. The van der Waals surface area contributed by atoms with E-state index in [4.69, 9.17) is 11.6 Å². The summed E-state index contributed by atoms with van der Waals surface area (Å²) in [6.07, 6.45) is 2.62. The van der Waals surface area contributed by atoms with Gasteiger partial charge in [-0.05, 0) is 24.3 Å². The SMILES string of the molecule is CON=CC(=O)Nc1ccnn1-c1ccc(Cl)cc1. The molecular formula is C12H11ClN4O2. The number of amides is 1. The maximum absolute atomic E-state index is 11.5. The van der Waals surface area contributed by atoms with Crippen LogP contribution in [0, 0.1) is 0 Å². The third-order valence-corrected chi connectivity index (χ3v) is 2.49. The molecule has 0 atom stereocenters. The fourth-order valence-corrected chi connectivity index (χ4v) is 1.57. The molecule has 2 rings (SSSR count). The van der Waals surface area contributed by atoms with Crippen LogP contribution in [0.4, 0.5) is 5.82 Å². The van der Waals surface area contributed by atoms with E-state index in [9.17, 15) is 4.79 Å². The molecule has 1 aromatic carbocycles. The highest BCUT2D eigenvalue weighted by Gasteiger charge is 2.07. The average molecular weight is 279 g/mol. The molecule has 0 bridgehead atoms. The maximum Gasteiger partial charge on any atom is 0.271 e. The molecule has 0 unspecified atom stereocenters. The van der Waals surface area contributed by atoms with Gasteiger partial charge in [-0.25, -0.2) is 4.68 Å². The van der Waals surface area contributed by atoms with E-state index in [1.807, 2.05) is 0 Å². The minimum Gasteiger partial charge on any atom is -0.399 e. The number of halogens is 1. The summed E-state index contributed by atoms with van der Waals surface area (Å²) in [6, 6.07) is 8.77. The van der Waals surface area contributed by atoms with Crippen LogP contribution in [0.2, 0.25) is 5.02 Å². The van der Waals surface area contributed by atoms with E-state index in [0.29, 0.717) is 10.8 Å². The zero-order chi connectivity index (χ0) is 13.7. The molecule has 0 aliphatic carbocycles. The Bertz CT molecular complexity index is 592. The normalized spacial score (nSPS) is 10.6. The Balaban J connectivity index is 2.20. The molecular weight excluding hydrogens is 268 g/mol. The summed E-state index contributed by atoms with van der Waals surface area (Å²) >= 11 is 5.82. The van der Waals surface area contributed by atoms with Crippen LogP contribution < -0.4 is 5.32 Å². The Morgan fingerprint density at radius 1 is 1.42 bits per heavy atom. The highest BCUT2D eigenvalue weighted by molar-refractivity contribution is 6.31. The van der Waals surface area contributed by atoms with E-state index in [2.05, 4.69) is 20.4 Å². The molecule has 0 aliphatic rings. The molecule has 1 amide bonds. The number of rotatable bonds is 4. The van der Waals surface area contributed by atoms with Gasteiger partial charge in [0.2, 0.25) is 0 Å². The molecule has 98 valence electrons. The summed E-state index contributed by atoms with van der Waals surface area (Å²) < 4.78 is 1.58. The van der Waals surface area contributed by atoms with Crippen LogP contribution in [0.3, 0.4) is 0 Å². The van der Waals surface area contributed by atoms with Gasteiger partial charge >= 0.3 is 0 Å². The second-order valence-corrected chi connectivity index (χ2v) is 3.95. The molecule has 19 heavy (non-hydrogen) atoms. The molecule has 0 radical (unpaired) electrons. The first-order valence-corrected chi connectivity index (χ1v) is 5.76. The van der Waals surface area contributed by atoms with Crippen molar-refractivity contribution in [3.05, 3.63) is 41.6 Å². The minimum atomic E-state index is -0.405. The molecule has 2 aromatic rings. The first kappa shape index (κ1) is 13.1. The quantitative estimate of drug-likeness (QED) is 0.688. The van der Waals surface area contributed by atoms with Gasteiger partial charge in [0.15, 0.2) is 0 Å². The fraction of sp³-hybridized carbons (Fsp3) is 0.0833. The summed E-state index contributed by atoms with van der Waals surface area (Å²) in [5.41, 5.74) is 0.786. The van der Waals surface area contributed by atoms with Crippen LogP contribution in [-0.4, -0.2) is 29.0 Å². The lowest BCUT2D eigenvalue weighted by atomic mass is 10.3. The average Bonchev–Trinajstić information content (AvgIpc) is 2.85. The van der Waals surface area contributed by atoms with Gasteiger partial charge in [0.25, 0.3) is 5.91 Å². The third-order valence-electron chi connectivity index (χ3n) is 2.24. The van der Waals surface area contributed by atoms with Crippen molar-refractivity contribution in [1.29, 1.82) is 0 Å². The van der Waals surface area contributed by atoms with Gasteiger partial charge in [-0.2, -0.15) is 5.10 Å². The highest BCUT2D eigenvalue weighted by Crippen LogP contribution is 2.17. The van der Waals surface area contributed by atoms with Crippen molar-refractivity contribution in [2.24, 2.45) is 5.16 Å². The molecule has 7 heteroatoms. The number of benzene rings is 1. The lowest BCUT2D eigenvalue weighted by Gasteiger charge is -2.07. The first-order valence-electron chi connectivity index (χ1n) is 5.38. The van der Waals surface area contributed by atoms with Gasteiger partial charge in [-0.15, -0.1) is 0 Å². The number of nitrogens with one attached hydrogen (secondary N) is 1. The van der Waals surface area contributed by atoms with Crippen LogP contribution in [0.15, 0.2) is 41.7 Å². The van der Waals surface area contributed by atoms with Gasteiger partial charge in [-0.1, -0.05) is 16.8 Å².